The van der Waals surface area contributed by atoms with E-state index in [1.807, 2.05) is 16.9 Å². The Morgan fingerprint density at radius 2 is 2.05 bits per heavy atom. The lowest BCUT2D eigenvalue weighted by Gasteiger charge is -2.25. The van der Waals surface area contributed by atoms with E-state index in [0.717, 1.165) is 13.1 Å². The van der Waals surface area contributed by atoms with E-state index < -0.39 is 0 Å². The first-order valence-electron chi connectivity index (χ1n) is 7.96. The summed E-state index contributed by atoms with van der Waals surface area (Å²) in [5.41, 5.74) is 0. The van der Waals surface area contributed by atoms with E-state index in [0.29, 0.717) is 31.6 Å². The van der Waals surface area contributed by atoms with Crippen LogP contribution >= 0.6 is 0 Å². The second-order valence-corrected chi connectivity index (χ2v) is 5.91. The Labute approximate surface area is 125 Å². The summed E-state index contributed by atoms with van der Waals surface area (Å²) in [5, 5.41) is 7.40. The van der Waals surface area contributed by atoms with Gasteiger partial charge >= 0.3 is 0 Å². The number of aromatic nitrogens is 2. The molecule has 0 radical (unpaired) electrons. The quantitative estimate of drug-likeness (QED) is 0.917. The van der Waals surface area contributed by atoms with Crippen molar-refractivity contribution in [2.75, 3.05) is 38.2 Å². The molecule has 21 heavy (non-hydrogen) atoms. The molecule has 1 saturated heterocycles. The fraction of sp³-hybridized carbons (Fsp3) is 0.733. The third-order valence-electron chi connectivity index (χ3n) is 4.30. The minimum absolute atomic E-state index is 0.00536. The van der Waals surface area contributed by atoms with Crippen molar-refractivity contribution >= 4 is 11.7 Å². The first-order chi connectivity index (χ1) is 10.3. The van der Waals surface area contributed by atoms with E-state index in [9.17, 15) is 4.79 Å². The van der Waals surface area contributed by atoms with Crippen molar-refractivity contribution in [3.8, 4) is 0 Å². The van der Waals surface area contributed by atoms with Gasteiger partial charge in [-0.3, -0.25) is 14.4 Å². The average molecular weight is 292 g/mol. The lowest BCUT2D eigenvalue weighted by molar-refractivity contribution is -0.118. The number of hydrogen-bond donors (Lipinski definition) is 1. The molecule has 1 aromatic heterocycles. The minimum Gasteiger partial charge on any atom is -0.379 e. The molecule has 0 bridgehead atoms. The number of morpholine rings is 1. The molecule has 2 fully saturated rings. The molecule has 1 aliphatic heterocycles. The lowest BCUT2D eigenvalue weighted by atomic mass is 9.96. The predicted octanol–water partition coefficient (Wildman–Crippen LogP) is 1.66. The highest BCUT2D eigenvalue weighted by molar-refractivity contribution is 5.91. The maximum Gasteiger partial charge on any atom is 0.239 e. The molecule has 6 heteroatoms. The van der Waals surface area contributed by atoms with Crippen LogP contribution in [-0.2, 0) is 9.53 Å². The van der Waals surface area contributed by atoms with Crippen molar-refractivity contribution in [3.63, 3.8) is 0 Å². The monoisotopic (exact) mass is 292 g/mol. The number of rotatable bonds is 4. The number of ether oxygens (including phenoxy) is 1. The third kappa shape index (κ3) is 4.04. The van der Waals surface area contributed by atoms with Crippen LogP contribution in [0.1, 0.15) is 38.1 Å². The van der Waals surface area contributed by atoms with Crippen molar-refractivity contribution in [2.24, 2.45) is 0 Å². The van der Waals surface area contributed by atoms with E-state index in [2.05, 4.69) is 15.3 Å². The van der Waals surface area contributed by atoms with Crippen molar-refractivity contribution in [3.05, 3.63) is 12.3 Å². The molecule has 0 unspecified atom stereocenters. The molecule has 1 aromatic rings. The highest BCUT2D eigenvalue weighted by Crippen LogP contribution is 2.27. The van der Waals surface area contributed by atoms with E-state index in [4.69, 9.17) is 4.74 Å². The van der Waals surface area contributed by atoms with Gasteiger partial charge in [-0.2, -0.15) is 5.10 Å². The number of hydrogen-bond acceptors (Lipinski definition) is 4. The molecule has 0 atom stereocenters. The molecule has 1 aliphatic carbocycles. The SMILES string of the molecule is O=C(CN1CCOCC1)Nc1ccn(C2CCCCC2)n1. The van der Waals surface area contributed by atoms with Gasteiger partial charge in [0.1, 0.15) is 0 Å². The molecular formula is C15H24N4O2. The van der Waals surface area contributed by atoms with Crippen LogP contribution in [0, 0.1) is 0 Å². The first kappa shape index (κ1) is 14.5. The van der Waals surface area contributed by atoms with Crippen molar-refractivity contribution in [1.82, 2.24) is 14.7 Å². The summed E-state index contributed by atoms with van der Waals surface area (Å²) < 4.78 is 7.30. The van der Waals surface area contributed by atoms with Crippen LogP contribution in [0.5, 0.6) is 0 Å². The molecule has 6 nitrogen and oxygen atoms in total. The van der Waals surface area contributed by atoms with Crippen LogP contribution in [0.15, 0.2) is 12.3 Å². The number of nitrogens with zero attached hydrogens (tertiary/aromatic N) is 3. The van der Waals surface area contributed by atoms with Crippen LogP contribution in [0.2, 0.25) is 0 Å². The number of carbonyl (C=O) groups excluding carboxylic acids is 1. The van der Waals surface area contributed by atoms with Crippen LogP contribution in [0.4, 0.5) is 5.82 Å². The smallest absolute Gasteiger partial charge is 0.239 e. The van der Waals surface area contributed by atoms with Gasteiger partial charge in [0.15, 0.2) is 5.82 Å². The molecule has 1 amide bonds. The van der Waals surface area contributed by atoms with Crippen LogP contribution in [0.3, 0.4) is 0 Å². The van der Waals surface area contributed by atoms with E-state index in [1.165, 1.54) is 32.1 Å². The van der Waals surface area contributed by atoms with Crippen LogP contribution < -0.4 is 5.32 Å². The van der Waals surface area contributed by atoms with Crippen molar-refractivity contribution in [1.29, 1.82) is 0 Å². The fourth-order valence-corrected chi connectivity index (χ4v) is 3.10. The second kappa shape index (κ2) is 7.04. The van der Waals surface area contributed by atoms with Crippen LogP contribution in [0.25, 0.3) is 0 Å². The van der Waals surface area contributed by atoms with Crippen molar-refractivity contribution in [2.45, 2.75) is 38.1 Å². The predicted molar refractivity (Wildman–Crippen MR) is 80.2 cm³/mol. The lowest BCUT2D eigenvalue weighted by Crippen LogP contribution is -2.41. The maximum atomic E-state index is 12.0. The zero-order valence-corrected chi connectivity index (χ0v) is 12.5. The second-order valence-electron chi connectivity index (χ2n) is 5.91. The van der Waals surface area contributed by atoms with Gasteiger partial charge in [0.05, 0.1) is 25.8 Å². The largest absolute Gasteiger partial charge is 0.379 e. The Morgan fingerprint density at radius 1 is 1.29 bits per heavy atom. The van der Waals surface area contributed by atoms with Gasteiger partial charge < -0.3 is 10.1 Å². The first-order valence-corrected chi connectivity index (χ1v) is 7.96. The Hall–Kier alpha value is -1.40. The fourth-order valence-electron chi connectivity index (χ4n) is 3.10. The number of amides is 1. The highest BCUT2D eigenvalue weighted by atomic mass is 16.5. The molecule has 2 aliphatic rings. The number of carbonyl (C=O) groups is 1. The van der Waals surface area contributed by atoms with E-state index >= 15 is 0 Å². The van der Waals surface area contributed by atoms with Gasteiger partial charge in [-0.05, 0) is 12.8 Å². The minimum atomic E-state index is 0.00536. The Balaban J connectivity index is 1.50. The van der Waals surface area contributed by atoms with Gasteiger partial charge in [0.2, 0.25) is 5.91 Å². The molecule has 3 rings (SSSR count). The van der Waals surface area contributed by atoms with E-state index in [1.54, 1.807) is 0 Å². The molecule has 0 spiro atoms. The Morgan fingerprint density at radius 3 is 2.81 bits per heavy atom. The zero-order chi connectivity index (χ0) is 14.5. The van der Waals surface area contributed by atoms with E-state index in [-0.39, 0.29) is 5.91 Å². The number of anilines is 1. The summed E-state index contributed by atoms with van der Waals surface area (Å²) in [6.07, 6.45) is 8.28. The van der Waals surface area contributed by atoms with Gasteiger partial charge in [0, 0.05) is 25.4 Å². The highest BCUT2D eigenvalue weighted by Gasteiger charge is 2.17. The molecule has 1 saturated carbocycles. The Kier molecular flexibility index (Phi) is 4.87. The average Bonchev–Trinajstić information content (AvgIpc) is 2.97. The molecule has 0 aromatic carbocycles. The number of nitrogens with one attached hydrogen (secondary N) is 1. The summed E-state index contributed by atoms with van der Waals surface area (Å²) in [6.45, 7) is 3.49. The summed E-state index contributed by atoms with van der Waals surface area (Å²) in [5.74, 6) is 0.671. The summed E-state index contributed by atoms with van der Waals surface area (Å²) in [4.78, 5) is 14.1. The van der Waals surface area contributed by atoms with Gasteiger partial charge in [-0.1, -0.05) is 19.3 Å². The third-order valence-corrected chi connectivity index (χ3v) is 4.30. The Bertz CT molecular complexity index is 462. The van der Waals surface area contributed by atoms with Crippen LogP contribution in [-0.4, -0.2) is 53.4 Å². The summed E-state index contributed by atoms with van der Waals surface area (Å²) >= 11 is 0. The normalized spacial score (nSPS) is 21.3. The summed E-state index contributed by atoms with van der Waals surface area (Å²) in [6, 6.07) is 2.40. The standard InChI is InChI=1S/C15H24N4O2/c20-15(12-18-8-10-21-11-9-18)16-14-6-7-19(17-14)13-4-2-1-3-5-13/h6-7,13H,1-5,8-12H2,(H,16,17,20). The zero-order valence-electron chi connectivity index (χ0n) is 12.5. The topological polar surface area (TPSA) is 59.4 Å². The molecule has 116 valence electrons. The summed E-state index contributed by atoms with van der Waals surface area (Å²) in [7, 11) is 0. The van der Waals surface area contributed by atoms with Gasteiger partial charge in [0.25, 0.3) is 0 Å². The molecule has 1 N–H and O–H groups in total. The molecular weight excluding hydrogens is 268 g/mol. The molecule has 2 heterocycles. The van der Waals surface area contributed by atoms with Crippen molar-refractivity contribution < 1.29 is 9.53 Å². The van der Waals surface area contributed by atoms with Gasteiger partial charge in [-0.15, -0.1) is 0 Å². The van der Waals surface area contributed by atoms with Gasteiger partial charge in [-0.25, -0.2) is 0 Å². The maximum absolute atomic E-state index is 12.0.